The number of aromatic nitrogens is 1. The molecule has 0 amide bonds. The summed E-state index contributed by atoms with van der Waals surface area (Å²) in [5.74, 6) is -0.201. The van der Waals surface area contributed by atoms with Gasteiger partial charge in [-0.3, -0.25) is 4.98 Å². The quantitative estimate of drug-likeness (QED) is 0.785. The average Bonchev–Trinajstić information content (AvgIpc) is 2.89. The van der Waals surface area contributed by atoms with Gasteiger partial charge < -0.3 is 5.32 Å². The fourth-order valence-corrected chi connectivity index (χ4v) is 3.27. The number of rotatable bonds is 3. The van der Waals surface area contributed by atoms with Crippen LogP contribution in [0, 0.1) is 12.7 Å². The van der Waals surface area contributed by atoms with Crippen LogP contribution in [0.3, 0.4) is 0 Å². The first kappa shape index (κ1) is 13.2. The van der Waals surface area contributed by atoms with E-state index in [-0.39, 0.29) is 11.9 Å². The summed E-state index contributed by atoms with van der Waals surface area (Å²) in [7, 11) is 1.91. The highest BCUT2D eigenvalue weighted by Crippen LogP contribution is 2.28. The van der Waals surface area contributed by atoms with Crippen LogP contribution in [-0.4, -0.2) is 12.0 Å². The molecular weight excluding hydrogens is 271 g/mol. The van der Waals surface area contributed by atoms with Crippen molar-refractivity contribution in [1.82, 2.24) is 10.3 Å². The van der Waals surface area contributed by atoms with Gasteiger partial charge in [-0.15, -0.1) is 11.3 Å². The second-order valence-electron chi connectivity index (χ2n) is 4.80. The number of pyridine rings is 1. The van der Waals surface area contributed by atoms with Gasteiger partial charge in [-0.05, 0) is 60.3 Å². The highest BCUT2D eigenvalue weighted by molar-refractivity contribution is 7.17. The highest BCUT2D eigenvalue weighted by atomic mass is 32.1. The number of hydrogen-bond donors (Lipinski definition) is 1. The Kier molecular flexibility index (Phi) is 3.51. The van der Waals surface area contributed by atoms with E-state index in [1.165, 1.54) is 10.8 Å². The first-order valence-electron chi connectivity index (χ1n) is 6.45. The van der Waals surface area contributed by atoms with Crippen molar-refractivity contribution in [2.75, 3.05) is 7.05 Å². The highest BCUT2D eigenvalue weighted by Gasteiger charge is 2.15. The molecule has 0 spiro atoms. The van der Waals surface area contributed by atoms with E-state index >= 15 is 0 Å². The Morgan fingerprint density at radius 3 is 2.85 bits per heavy atom. The molecule has 3 rings (SSSR count). The molecule has 1 unspecified atom stereocenters. The number of hydrogen-bond acceptors (Lipinski definition) is 3. The van der Waals surface area contributed by atoms with Crippen LogP contribution in [0.5, 0.6) is 0 Å². The molecule has 20 heavy (non-hydrogen) atoms. The molecular formula is C16H15FN2S. The number of fused-ring (bicyclic) bond motifs is 1. The number of nitrogens with one attached hydrogen (secondary N) is 1. The molecule has 0 fully saturated rings. The summed E-state index contributed by atoms with van der Waals surface area (Å²) in [5.41, 5.74) is 4.13. The zero-order chi connectivity index (χ0) is 14.1. The van der Waals surface area contributed by atoms with Crippen LogP contribution in [0.25, 0.3) is 10.2 Å². The van der Waals surface area contributed by atoms with Gasteiger partial charge in [0, 0.05) is 6.20 Å². The van der Waals surface area contributed by atoms with Gasteiger partial charge in [0.15, 0.2) is 0 Å². The summed E-state index contributed by atoms with van der Waals surface area (Å²) in [5, 5.41) is 5.33. The van der Waals surface area contributed by atoms with Crippen LogP contribution in [0.2, 0.25) is 0 Å². The predicted octanol–water partition coefficient (Wildman–Crippen LogP) is 4.05. The maximum Gasteiger partial charge on any atom is 0.123 e. The molecule has 0 aliphatic heterocycles. The first-order chi connectivity index (χ1) is 9.69. The average molecular weight is 286 g/mol. The van der Waals surface area contributed by atoms with Crippen molar-refractivity contribution in [3.63, 3.8) is 0 Å². The second kappa shape index (κ2) is 5.31. The van der Waals surface area contributed by atoms with Crippen molar-refractivity contribution < 1.29 is 4.39 Å². The topological polar surface area (TPSA) is 24.9 Å². The van der Waals surface area contributed by atoms with Crippen molar-refractivity contribution in [3.05, 3.63) is 64.4 Å². The molecule has 4 heteroatoms. The van der Waals surface area contributed by atoms with Gasteiger partial charge in [0.25, 0.3) is 0 Å². The summed E-state index contributed by atoms with van der Waals surface area (Å²) < 4.78 is 14.4. The summed E-state index contributed by atoms with van der Waals surface area (Å²) in [4.78, 5) is 4.48. The molecule has 1 N–H and O–H groups in total. The molecule has 2 aromatic heterocycles. The number of benzene rings is 1. The third-order valence-electron chi connectivity index (χ3n) is 3.49. The minimum Gasteiger partial charge on any atom is -0.309 e. The lowest BCUT2D eigenvalue weighted by atomic mass is 9.96. The molecule has 0 saturated heterocycles. The molecule has 3 aromatic rings. The Balaban J connectivity index is 2.08. The molecule has 0 saturated carbocycles. The lowest BCUT2D eigenvalue weighted by molar-refractivity contribution is 0.621. The Bertz CT molecular complexity index is 751. The van der Waals surface area contributed by atoms with E-state index in [9.17, 15) is 4.39 Å². The van der Waals surface area contributed by atoms with Crippen LogP contribution < -0.4 is 5.32 Å². The molecule has 102 valence electrons. The molecule has 0 aliphatic carbocycles. The van der Waals surface area contributed by atoms with Crippen LogP contribution in [0.4, 0.5) is 4.39 Å². The third kappa shape index (κ3) is 2.32. The van der Waals surface area contributed by atoms with Gasteiger partial charge >= 0.3 is 0 Å². The fourth-order valence-electron chi connectivity index (χ4n) is 2.48. The molecule has 2 nitrogen and oxygen atoms in total. The Morgan fingerprint density at radius 1 is 1.25 bits per heavy atom. The maximum absolute atomic E-state index is 13.3. The summed E-state index contributed by atoms with van der Waals surface area (Å²) in [6, 6.07) is 9.10. The van der Waals surface area contributed by atoms with E-state index in [1.54, 1.807) is 17.4 Å². The third-order valence-corrected chi connectivity index (χ3v) is 4.34. The second-order valence-corrected chi connectivity index (χ2v) is 5.74. The standard InChI is InChI=1S/C16H15FN2S/c1-10-7-12(17)3-4-13(10)16(18-2)11-8-15-14(19-9-11)5-6-20-15/h3-9,16,18H,1-2H3. The van der Waals surface area contributed by atoms with Gasteiger partial charge in [0.1, 0.15) is 5.82 Å². The van der Waals surface area contributed by atoms with E-state index < -0.39 is 0 Å². The Hall–Kier alpha value is -1.78. The van der Waals surface area contributed by atoms with Gasteiger partial charge in [0.05, 0.1) is 16.3 Å². The zero-order valence-corrected chi connectivity index (χ0v) is 12.2. The lowest BCUT2D eigenvalue weighted by Crippen LogP contribution is -2.19. The van der Waals surface area contributed by atoms with E-state index in [2.05, 4.69) is 16.4 Å². The molecule has 1 atom stereocenters. The van der Waals surface area contributed by atoms with Crippen molar-refractivity contribution in [2.24, 2.45) is 0 Å². The van der Waals surface area contributed by atoms with Crippen LogP contribution in [0.1, 0.15) is 22.7 Å². The predicted molar refractivity (Wildman–Crippen MR) is 81.7 cm³/mol. The number of thiophene rings is 1. The normalized spacial score (nSPS) is 12.8. The zero-order valence-electron chi connectivity index (χ0n) is 11.4. The first-order valence-corrected chi connectivity index (χ1v) is 7.33. The molecule has 1 aromatic carbocycles. The fraction of sp³-hybridized carbons (Fsp3) is 0.188. The molecule has 0 radical (unpaired) electrons. The van der Waals surface area contributed by atoms with Crippen molar-refractivity contribution in [2.45, 2.75) is 13.0 Å². The summed E-state index contributed by atoms with van der Waals surface area (Å²) in [6.07, 6.45) is 1.89. The Morgan fingerprint density at radius 2 is 2.10 bits per heavy atom. The van der Waals surface area contributed by atoms with Crippen LogP contribution in [-0.2, 0) is 0 Å². The van der Waals surface area contributed by atoms with Crippen LogP contribution >= 0.6 is 11.3 Å². The monoisotopic (exact) mass is 286 g/mol. The van der Waals surface area contributed by atoms with Crippen LogP contribution in [0.15, 0.2) is 41.9 Å². The van der Waals surface area contributed by atoms with Crippen molar-refractivity contribution in [3.8, 4) is 0 Å². The lowest BCUT2D eigenvalue weighted by Gasteiger charge is -2.19. The maximum atomic E-state index is 13.3. The van der Waals surface area contributed by atoms with Crippen molar-refractivity contribution in [1.29, 1.82) is 0 Å². The molecule has 2 heterocycles. The van der Waals surface area contributed by atoms with E-state index in [0.29, 0.717) is 0 Å². The van der Waals surface area contributed by atoms with Gasteiger partial charge in [0.2, 0.25) is 0 Å². The minimum absolute atomic E-state index is 0.0228. The summed E-state index contributed by atoms with van der Waals surface area (Å²) in [6.45, 7) is 1.93. The number of aryl methyl sites for hydroxylation is 1. The molecule has 0 aliphatic rings. The number of nitrogens with zero attached hydrogens (tertiary/aromatic N) is 1. The van der Waals surface area contributed by atoms with Gasteiger partial charge in [-0.1, -0.05) is 6.07 Å². The number of halogens is 1. The minimum atomic E-state index is -0.201. The van der Waals surface area contributed by atoms with Crippen molar-refractivity contribution >= 4 is 21.6 Å². The van der Waals surface area contributed by atoms with Gasteiger partial charge in [-0.2, -0.15) is 0 Å². The largest absolute Gasteiger partial charge is 0.309 e. The Labute approximate surface area is 121 Å². The summed E-state index contributed by atoms with van der Waals surface area (Å²) >= 11 is 1.68. The van der Waals surface area contributed by atoms with Gasteiger partial charge in [-0.25, -0.2) is 4.39 Å². The van der Waals surface area contributed by atoms with E-state index in [0.717, 1.165) is 22.2 Å². The SMILES string of the molecule is CNC(c1cnc2ccsc2c1)c1ccc(F)cc1C. The van der Waals surface area contributed by atoms with E-state index in [1.807, 2.05) is 37.7 Å². The van der Waals surface area contributed by atoms with E-state index in [4.69, 9.17) is 0 Å². The smallest absolute Gasteiger partial charge is 0.123 e. The molecule has 0 bridgehead atoms.